The Balaban J connectivity index is 1.76. The molecule has 0 bridgehead atoms. The Morgan fingerprint density at radius 2 is 2.05 bits per heavy atom. The van der Waals surface area contributed by atoms with Gasteiger partial charge in [-0.15, -0.1) is 0 Å². The minimum absolute atomic E-state index is 0.563. The van der Waals surface area contributed by atoms with E-state index in [4.69, 9.17) is 5.10 Å². The molecule has 102 valence electrons. The summed E-state index contributed by atoms with van der Waals surface area (Å²) in [7, 11) is 2.03. The fraction of sp³-hybridized carbons (Fsp3) is 0.562. The molecule has 19 heavy (non-hydrogen) atoms. The third kappa shape index (κ3) is 2.66. The van der Waals surface area contributed by atoms with E-state index in [0.29, 0.717) is 12.0 Å². The van der Waals surface area contributed by atoms with Crippen molar-refractivity contribution in [2.24, 2.45) is 13.0 Å². The summed E-state index contributed by atoms with van der Waals surface area (Å²) in [5, 5.41) is 9.69. The lowest BCUT2D eigenvalue weighted by Crippen LogP contribution is -2.34. The molecule has 1 aromatic heterocycles. The van der Waals surface area contributed by atoms with Crippen molar-refractivity contribution >= 4 is 10.9 Å². The van der Waals surface area contributed by atoms with Crippen LogP contribution in [0.4, 0.5) is 0 Å². The number of aryl methyl sites for hydroxylation is 1. The smallest absolute Gasteiger partial charge is 0.0706 e. The van der Waals surface area contributed by atoms with E-state index in [-0.39, 0.29) is 0 Å². The Hall–Kier alpha value is -1.35. The average molecular weight is 257 g/mol. The summed E-state index contributed by atoms with van der Waals surface area (Å²) in [6, 6.07) is 9.84. The van der Waals surface area contributed by atoms with E-state index in [9.17, 15) is 0 Å². The monoisotopic (exact) mass is 257 g/mol. The molecule has 1 saturated carbocycles. The van der Waals surface area contributed by atoms with Crippen molar-refractivity contribution in [1.29, 1.82) is 0 Å². The lowest BCUT2D eigenvalue weighted by molar-refractivity contribution is 0.393. The molecule has 3 heteroatoms. The SMILES string of the molecule is CC(Cc1nn(C)c2ccccc12)C(C)NC1CC1. The summed E-state index contributed by atoms with van der Waals surface area (Å²) < 4.78 is 2.00. The highest BCUT2D eigenvalue weighted by molar-refractivity contribution is 5.81. The van der Waals surface area contributed by atoms with E-state index in [1.165, 1.54) is 29.4 Å². The van der Waals surface area contributed by atoms with E-state index in [1.54, 1.807) is 0 Å². The number of hydrogen-bond donors (Lipinski definition) is 1. The van der Waals surface area contributed by atoms with Gasteiger partial charge in [0.25, 0.3) is 0 Å². The summed E-state index contributed by atoms with van der Waals surface area (Å²) in [5.74, 6) is 0.610. The van der Waals surface area contributed by atoms with Crippen LogP contribution in [0.3, 0.4) is 0 Å². The molecule has 1 heterocycles. The van der Waals surface area contributed by atoms with E-state index in [1.807, 2.05) is 11.7 Å². The number of aromatic nitrogens is 2. The molecule has 3 rings (SSSR count). The van der Waals surface area contributed by atoms with Gasteiger partial charge in [0.1, 0.15) is 0 Å². The highest BCUT2D eigenvalue weighted by atomic mass is 15.3. The summed E-state index contributed by atoms with van der Waals surface area (Å²) >= 11 is 0. The van der Waals surface area contributed by atoms with Gasteiger partial charge in [-0.1, -0.05) is 25.1 Å². The zero-order chi connectivity index (χ0) is 13.4. The third-order valence-corrected chi connectivity index (χ3v) is 4.28. The second-order valence-electron chi connectivity index (χ2n) is 6.00. The number of rotatable bonds is 5. The van der Waals surface area contributed by atoms with Crippen LogP contribution in [-0.4, -0.2) is 21.9 Å². The first-order chi connectivity index (χ1) is 9.15. The van der Waals surface area contributed by atoms with Crippen molar-refractivity contribution in [3.05, 3.63) is 30.0 Å². The molecule has 1 aliphatic carbocycles. The summed E-state index contributed by atoms with van der Waals surface area (Å²) in [4.78, 5) is 0. The zero-order valence-corrected chi connectivity index (χ0v) is 12.1. The number of nitrogens with zero attached hydrogens (tertiary/aromatic N) is 2. The van der Waals surface area contributed by atoms with Crippen molar-refractivity contribution in [2.45, 2.75) is 45.2 Å². The van der Waals surface area contributed by atoms with Crippen molar-refractivity contribution in [1.82, 2.24) is 15.1 Å². The minimum atomic E-state index is 0.563. The maximum absolute atomic E-state index is 4.70. The number of nitrogens with one attached hydrogen (secondary N) is 1. The molecule has 0 amide bonds. The fourth-order valence-electron chi connectivity index (χ4n) is 2.71. The van der Waals surface area contributed by atoms with Crippen LogP contribution in [0.5, 0.6) is 0 Å². The number of benzene rings is 1. The van der Waals surface area contributed by atoms with Gasteiger partial charge in [-0.2, -0.15) is 5.10 Å². The van der Waals surface area contributed by atoms with E-state index in [2.05, 4.69) is 43.4 Å². The van der Waals surface area contributed by atoms with Crippen LogP contribution in [0, 0.1) is 5.92 Å². The summed E-state index contributed by atoms with van der Waals surface area (Å²) in [6.07, 6.45) is 3.75. The molecule has 2 aromatic rings. The molecule has 1 aliphatic rings. The average Bonchev–Trinajstić information content (AvgIpc) is 3.16. The standard InChI is InChI=1S/C16H23N3/c1-11(12(2)17-13-8-9-13)10-15-14-6-4-5-7-16(14)19(3)18-15/h4-7,11-13,17H,8-10H2,1-3H3. The number of hydrogen-bond acceptors (Lipinski definition) is 2. The molecule has 1 N–H and O–H groups in total. The first kappa shape index (κ1) is 12.7. The zero-order valence-electron chi connectivity index (χ0n) is 12.1. The lowest BCUT2D eigenvalue weighted by Gasteiger charge is -2.20. The fourth-order valence-corrected chi connectivity index (χ4v) is 2.71. The normalized spacial score (nSPS) is 18.7. The Morgan fingerprint density at radius 1 is 1.32 bits per heavy atom. The predicted molar refractivity (Wildman–Crippen MR) is 79.2 cm³/mol. The molecule has 0 aliphatic heterocycles. The van der Waals surface area contributed by atoms with Gasteiger partial charge in [0, 0.05) is 24.5 Å². The lowest BCUT2D eigenvalue weighted by atomic mass is 9.96. The first-order valence-corrected chi connectivity index (χ1v) is 7.32. The molecule has 1 aromatic carbocycles. The van der Waals surface area contributed by atoms with E-state index < -0.39 is 0 Å². The molecule has 0 saturated heterocycles. The molecular weight excluding hydrogens is 234 g/mol. The van der Waals surface area contributed by atoms with Gasteiger partial charge >= 0.3 is 0 Å². The number of fused-ring (bicyclic) bond motifs is 1. The van der Waals surface area contributed by atoms with Crippen molar-refractivity contribution in [3.63, 3.8) is 0 Å². The molecule has 2 atom stereocenters. The Labute approximate surface area is 115 Å². The highest BCUT2D eigenvalue weighted by Gasteiger charge is 2.25. The van der Waals surface area contributed by atoms with Crippen LogP contribution in [-0.2, 0) is 13.5 Å². The molecule has 3 nitrogen and oxygen atoms in total. The Morgan fingerprint density at radius 3 is 2.79 bits per heavy atom. The molecule has 0 spiro atoms. The van der Waals surface area contributed by atoms with Crippen LogP contribution in [0.25, 0.3) is 10.9 Å². The largest absolute Gasteiger partial charge is 0.311 e. The van der Waals surface area contributed by atoms with Crippen LogP contribution >= 0.6 is 0 Å². The second-order valence-corrected chi connectivity index (χ2v) is 6.00. The van der Waals surface area contributed by atoms with Gasteiger partial charge in [0.15, 0.2) is 0 Å². The highest BCUT2D eigenvalue weighted by Crippen LogP contribution is 2.24. The van der Waals surface area contributed by atoms with Crippen LogP contribution in [0.15, 0.2) is 24.3 Å². The van der Waals surface area contributed by atoms with Gasteiger partial charge in [-0.3, -0.25) is 4.68 Å². The van der Waals surface area contributed by atoms with Gasteiger partial charge in [0.05, 0.1) is 11.2 Å². The Kier molecular flexibility index (Phi) is 3.31. The van der Waals surface area contributed by atoms with Crippen molar-refractivity contribution in [2.75, 3.05) is 0 Å². The van der Waals surface area contributed by atoms with E-state index in [0.717, 1.165) is 12.5 Å². The summed E-state index contributed by atoms with van der Waals surface area (Å²) in [6.45, 7) is 4.62. The third-order valence-electron chi connectivity index (χ3n) is 4.28. The van der Waals surface area contributed by atoms with Crippen LogP contribution in [0.2, 0.25) is 0 Å². The quantitative estimate of drug-likeness (QED) is 0.892. The van der Waals surface area contributed by atoms with Gasteiger partial charge in [-0.25, -0.2) is 0 Å². The van der Waals surface area contributed by atoms with Gasteiger partial charge in [0.2, 0.25) is 0 Å². The number of para-hydroxylation sites is 1. The van der Waals surface area contributed by atoms with Gasteiger partial charge in [-0.05, 0) is 38.2 Å². The maximum atomic E-state index is 4.70. The topological polar surface area (TPSA) is 29.9 Å². The van der Waals surface area contributed by atoms with Gasteiger partial charge < -0.3 is 5.32 Å². The minimum Gasteiger partial charge on any atom is -0.311 e. The van der Waals surface area contributed by atoms with Crippen LogP contribution in [0.1, 0.15) is 32.4 Å². The maximum Gasteiger partial charge on any atom is 0.0706 e. The van der Waals surface area contributed by atoms with Crippen LogP contribution < -0.4 is 5.32 Å². The predicted octanol–water partition coefficient (Wildman–Crippen LogP) is 2.89. The summed E-state index contributed by atoms with van der Waals surface area (Å²) in [5.41, 5.74) is 2.46. The second kappa shape index (κ2) is 4.97. The molecule has 1 fully saturated rings. The molecule has 0 radical (unpaired) electrons. The molecule has 2 unspecified atom stereocenters. The van der Waals surface area contributed by atoms with E-state index >= 15 is 0 Å². The van der Waals surface area contributed by atoms with Crippen molar-refractivity contribution in [3.8, 4) is 0 Å². The Bertz CT molecular complexity index is 568. The first-order valence-electron chi connectivity index (χ1n) is 7.32. The van der Waals surface area contributed by atoms with Crippen molar-refractivity contribution < 1.29 is 0 Å². The molecular formula is C16H23N3.